The Balaban J connectivity index is 1.15. The van der Waals surface area contributed by atoms with E-state index in [2.05, 4.69) is 25.1 Å². The minimum Gasteiger partial charge on any atom is -0.406 e. The normalized spacial score (nSPS) is 14.4. The number of alkyl halides is 9. The number of thioether (sulfide) groups is 1. The van der Waals surface area contributed by atoms with E-state index in [0.29, 0.717) is 23.4 Å². The summed E-state index contributed by atoms with van der Waals surface area (Å²) in [7, 11) is 0. The smallest absolute Gasteiger partial charge is 0.406 e. The molecule has 6 rings (SSSR count). The largest absolute Gasteiger partial charge is 0.573 e. The number of carbonyl (C=O) groups excluding carboxylic acids is 2. The number of anilines is 2. The maximum absolute atomic E-state index is 15.2. The van der Waals surface area contributed by atoms with Gasteiger partial charge in [0.15, 0.2) is 11.0 Å². The summed E-state index contributed by atoms with van der Waals surface area (Å²) in [4.78, 5) is 35.2. The lowest BCUT2D eigenvalue weighted by Crippen LogP contribution is -2.31. The Kier molecular flexibility index (Phi) is 11.3. The van der Waals surface area contributed by atoms with Crippen LogP contribution >= 0.6 is 11.8 Å². The third kappa shape index (κ3) is 10.1. The van der Waals surface area contributed by atoms with Gasteiger partial charge in [0.25, 0.3) is 0 Å². The van der Waals surface area contributed by atoms with Crippen LogP contribution in [0.25, 0.3) is 17.1 Å². The monoisotopic (exact) mass is 826 g/mol. The van der Waals surface area contributed by atoms with Gasteiger partial charge in [0, 0.05) is 11.1 Å². The lowest BCUT2D eigenvalue weighted by Gasteiger charge is -2.21. The average molecular weight is 827 g/mol. The van der Waals surface area contributed by atoms with Gasteiger partial charge in [-0.1, -0.05) is 23.9 Å². The van der Waals surface area contributed by atoms with Crippen molar-refractivity contribution in [2.75, 3.05) is 16.0 Å². The fraction of sp³-hybridized carbons (Fsp3) is 0.194. The van der Waals surface area contributed by atoms with Crippen molar-refractivity contribution in [3.63, 3.8) is 0 Å². The maximum atomic E-state index is 15.2. The number of amides is 3. The number of carbonyl (C=O) groups is 2. The van der Waals surface area contributed by atoms with Gasteiger partial charge in [-0.15, -0.1) is 18.3 Å². The number of amidine groups is 1. The van der Waals surface area contributed by atoms with Crippen molar-refractivity contribution >= 4 is 40.2 Å². The molecule has 0 bridgehead atoms. The third-order valence-corrected chi connectivity index (χ3v) is 8.84. The van der Waals surface area contributed by atoms with Gasteiger partial charge in [-0.25, -0.2) is 18.9 Å². The molecule has 21 heteroatoms. The minimum absolute atomic E-state index is 0.00321. The topological polar surface area (TPSA) is 111 Å². The van der Waals surface area contributed by atoms with Gasteiger partial charge < -0.3 is 14.8 Å². The van der Waals surface area contributed by atoms with Gasteiger partial charge in [0.05, 0.1) is 47.2 Å². The molecule has 2 heterocycles. The van der Waals surface area contributed by atoms with Crippen molar-refractivity contribution in [3.05, 3.63) is 119 Å². The molecule has 298 valence electrons. The summed E-state index contributed by atoms with van der Waals surface area (Å²) < 4.78 is 143. The summed E-state index contributed by atoms with van der Waals surface area (Å²) in [6, 6.07) is 13.1. The standard InChI is InChI=1S/C36H24F10N6O4S/c1-19-2-3-22(16-55-15-20-11-23(34(38,39)40)14-24(12-20)35(41,42)43)29(10-19)52-30(53)17-57-33(52)49-32(54)48-28-9-4-21(13-27(28)37)31-47-18-51(50-31)25-5-7-26(8-6-25)56-36(44,45)46/h2-14,18H,15-17H2,1H3,(H,48,54)/b49-33-. The van der Waals surface area contributed by atoms with Gasteiger partial charge in [-0.2, -0.15) is 31.3 Å². The molecule has 0 atom stereocenters. The van der Waals surface area contributed by atoms with Crippen LogP contribution in [-0.4, -0.2) is 44.0 Å². The van der Waals surface area contributed by atoms with Gasteiger partial charge in [0.2, 0.25) is 5.91 Å². The van der Waals surface area contributed by atoms with E-state index in [1.165, 1.54) is 41.3 Å². The highest BCUT2D eigenvalue weighted by Gasteiger charge is 2.37. The highest BCUT2D eigenvalue weighted by molar-refractivity contribution is 8.15. The van der Waals surface area contributed by atoms with Crippen molar-refractivity contribution < 1.29 is 63.0 Å². The molecule has 1 saturated heterocycles. The second-order valence-corrected chi connectivity index (χ2v) is 13.1. The molecular weight excluding hydrogens is 802 g/mol. The van der Waals surface area contributed by atoms with Crippen LogP contribution in [0.4, 0.5) is 60.1 Å². The van der Waals surface area contributed by atoms with E-state index in [0.717, 1.165) is 34.9 Å². The molecule has 10 nitrogen and oxygen atoms in total. The van der Waals surface area contributed by atoms with E-state index in [9.17, 15) is 49.1 Å². The van der Waals surface area contributed by atoms with Crippen molar-refractivity contribution in [2.45, 2.75) is 38.9 Å². The number of halogens is 10. The number of ether oxygens (including phenoxy) is 2. The van der Waals surface area contributed by atoms with Crippen LogP contribution in [0.1, 0.15) is 27.8 Å². The number of aliphatic imine (C=N–C) groups is 1. The van der Waals surface area contributed by atoms with Crippen LogP contribution in [0.2, 0.25) is 0 Å². The summed E-state index contributed by atoms with van der Waals surface area (Å²) in [5.74, 6) is -1.99. The number of hydrogen-bond acceptors (Lipinski definition) is 7. The van der Waals surface area contributed by atoms with Crippen LogP contribution in [0.5, 0.6) is 5.75 Å². The number of aryl methyl sites for hydroxylation is 1. The van der Waals surface area contributed by atoms with Crippen LogP contribution in [0.15, 0.2) is 90.2 Å². The molecular formula is C36H24F10N6O4S. The molecule has 0 aliphatic carbocycles. The molecule has 0 saturated carbocycles. The van der Waals surface area contributed by atoms with E-state index in [1.54, 1.807) is 19.1 Å². The number of hydrogen-bond donors (Lipinski definition) is 1. The van der Waals surface area contributed by atoms with Gasteiger partial charge in [0.1, 0.15) is 17.9 Å². The zero-order valence-electron chi connectivity index (χ0n) is 28.8. The molecule has 4 aromatic carbocycles. The minimum atomic E-state index is -5.05. The van der Waals surface area contributed by atoms with Gasteiger partial charge in [-0.05, 0) is 84.8 Å². The summed E-state index contributed by atoms with van der Waals surface area (Å²) in [6.45, 7) is 0.676. The van der Waals surface area contributed by atoms with E-state index in [1.807, 2.05) is 0 Å². The molecule has 1 fully saturated rings. The number of urea groups is 1. The first kappa shape index (κ1) is 40.7. The highest BCUT2D eigenvalue weighted by atomic mass is 32.2. The number of aromatic nitrogens is 3. The molecule has 57 heavy (non-hydrogen) atoms. The number of nitrogens with zero attached hydrogens (tertiary/aromatic N) is 5. The SMILES string of the molecule is Cc1ccc(COCc2cc(C(F)(F)F)cc(C(F)(F)F)c2)c(N2C(=O)CS/C2=N\C(=O)Nc2ccc(-c3ncn(-c4ccc(OC(F)(F)F)cc4)n3)cc2F)c1. The first-order valence-electron chi connectivity index (χ1n) is 16.1. The zero-order chi connectivity index (χ0) is 41.3. The quantitative estimate of drug-likeness (QED) is 0.147. The summed E-state index contributed by atoms with van der Waals surface area (Å²) in [5, 5.41) is 6.39. The van der Waals surface area contributed by atoms with Crippen molar-refractivity contribution in [3.8, 4) is 22.8 Å². The molecule has 1 N–H and O–H groups in total. The lowest BCUT2D eigenvalue weighted by atomic mass is 10.1. The van der Waals surface area contributed by atoms with E-state index in [4.69, 9.17) is 4.74 Å². The van der Waals surface area contributed by atoms with Crippen LogP contribution < -0.4 is 15.0 Å². The van der Waals surface area contributed by atoms with Crippen LogP contribution in [-0.2, 0) is 35.1 Å². The summed E-state index contributed by atoms with van der Waals surface area (Å²) in [5.41, 5.74) is -2.07. The van der Waals surface area contributed by atoms with Crippen LogP contribution in [0.3, 0.4) is 0 Å². The van der Waals surface area contributed by atoms with Crippen molar-refractivity contribution in [2.24, 2.45) is 4.99 Å². The maximum Gasteiger partial charge on any atom is 0.573 e. The highest BCUT2D eigenvalue weighted by Crippen LogP contribution is 2.37. The second-order valence-electron chi connectivity index (χ2n) is 12.1. The molecule has 1 aliphatic heterocycles. The molecule has 0 spiro atoms. The summed E-state index contributed by atoms with van der Waals surface area (Å²) in [6.07, 6.45) is -13.7. The Labute approximate surface area is 319 Å². The molecule has 0 unspecified atom stereocenters. The van der Waals surface area contributed by atoms with Gasteiger partial charge in [-0.3, -0.25) is 9.69 Å². The van der Waals surface area contributed by atoms with Gasteiger partial charge >= 0.3 is 24.7 Å². The Morgan fingerprint density at radius 2 is 1.56 bits per heavy atom. The first-order valence-corrected chi connectivity index (χ1v) is 17.1. The molecule has 1 aromatic heterocycles. The predicted octanol–water partition coefficient (Wildman–Crippen LogP) is 9.70. The summed E-state index contributed by atoms with van der Waals surface area (Å²) >= 11 is 0.885. The predicted molar refractivity (Wildman–Crippen MR) is 186 cm³/mol. The Morgan fingerprint density at radius 3 is 2.19 bits per heavy atom. The molecule has 5 aromatic rings. The molecule has 3 amide bonds. The van der Waals surface area contributed by atoms with E-state index >= 15 is 4.39 Å². The van der Waals surface area contributed by atoms with Crippen LogP contribution in [0, 0.1) is 12.7 Å². The fourth-order valence-corrected chi connectivity index (χ4v) is 6.23. The molecule has 0 radical (unpaired) electrons. The Hall–Kier alpha value is -5.96. The number of nitrogens with one attached hydrogen (secondary N) is 1. The lowest BCUT2D eigenvalue weighted by molar-refractivity contribution is -0.274. The fourth-order valence-electron chi connectivity index (χ4n) is 5.37. The average Bonchev–Trinajstić information content (AvgIpc) is 3.75. The number of rotatable bonds is 9. The Bertz CT molecular complexity index is 2310. The van der Waals surface area contributed by atoms with Crippen molar-refractivity contribution in [1.82, 2.24) is 14.8 Å². The van der Waals surface area contributed by atoms with Crippen molar-refractivity contribution in [1.29, 1.82) is 0 Å². The first-order chi connectivity index (χ1) is 26.7. The third-order valence-electron chi connectivity index (χ3n) is 7.91. The number of benzene rings is 4. The zero-order valence-corrected chi connectivity index (χ0v) is 29.6. The van der Waals surface area contributed by atoms with E-state index in [-0.39, 0.29) is 51.9 Å². The second kappa shape index (κ2) is 15.9. The Morgan fingerprint density at radius 1 is 0.877 bits per heavy atom. The van der Waals surface area contributed by atoms with E-state index < -0.39 is 65.5 Å². The molecule has 1 aliphatic rings.